The highest BCUT2D eigenvalue weighted by atomic mass is 32.1. The molecule has 144 valence electrons. The van der Waals surface area contributed by atoms with Crippen molar-refractivity contribution in [3.63, 3.8) is 0 Å². The molecule has 0 saturated heterocycles. The Bertz CT molecular complexity index is 929. The molecule has 1 aromatic heterocycles. The quantitative estimate of drug-likeness (QED) is 0.566. The van der Waals surface area contributed by atoms with Gasteiger partial charge in [-0.15, -0.1) is 11.3 Å². The van der Waals surface area contributed by atoms with Crippen LogP contribution in [0.3, 0.4) is 0 Å². The number of benzene rings is 2. The highest BCUT2D eigenvalue weighted by molar-refractivity contribution is 7.14. The summed E-state index contributed by atoms with van der Waals surface area (Å²) in [6.45, 7) is 0.554. The zero-order valence-corrected chi connectivity index (χ0v) is 15.8. The third-order valence-electron chi connectivity index (χ3n) is 3.79. The number of halogens is 1. The molecule has 1 heterocycles. The third-order valence-corrected chi connectivity index (χ3v) is 4.60. The first-order valence-electron chi connectivity index (χ1n) is 8.67. The lowest BCUT2D eigenvalue weighted by Crippen LogP contribution is -2.27. The van der Waals surface area contributed by atoms with Crippen molar-refractivity contribution in [1.82, 2.24) is 10.3 Å². The minimum Gasteiger partial charge on any atom is -0.355 e. The van der Waals surface area contributed by atoms with Crippen molar-refractivity contribution >= 4 is 34.1 Å². The SMILES string of the molecule is O=C(Cc1csc(NC(=O)Nc2ccc(F)cc2)n1)NCCc1ccccc1. The van der Waals surface area contributed by atoms with Crippen LogP contribution < -0.4 is 16.0 Å². The summed E-state index contributed by atoms with van der Waals surface area (Å²) >= 11 is 1.23. The van der Waals surface area contributed by atoms with E-state index >= 15 is 0 Å². The highest BCUT2D eigenvalue weighted by Gasteiger charge is 2.10. The second-order valence-electron chi connectivity index (χ2n) is 5.99. The molecule has 0 bridgehead atoms. The topological polar surface area (TPSA) is 83.1 Å². The standard InChI is InChI=1S/C20H19FN4O2S/c21-15-6-8-16(9-7-15)23-19(27)25-20-24-17(13-28-20)12-18(26)22-11-10-14-4-2-1-3-5-14/h1-9,13H,10-12H2,(H,22,26)(H2,23,24,25,27). The van der Waals surface area contributed by atoms with Crippen LogP contribution in [0, 0.1) is 5.82 Å². The first-order chi connectivity index (χ1) is 13.6. The minimum absolute atomic E-state index is 0.122. The number of hydrogen-bond donors (Lipinski definition) is 3. The predicted molar refractivity (Wildman–Crippen MR) is 108 cm³/mol. The van der Waals surface area contributed by atoms with E-state index in [1.807, 2.05) is 30.3 Å². The Kier molecular flexibility index (Phi) is 6.69. The first-order valence-corrected chi connectivity index (χ1v) is 9.55. The summed E-state index contributed by atoms with van der Waals surface area (Å²) in [5.41, 5.74) is 2.21. The van der Waals surface area contributed by atoms with E-state index in [1.54, 1.807) is 5.38 Å². The molecule has 6 nitrogen and oxygen atoms in total. The number of nitrogens with one attached hydrogen (secondary N) is 3. The van der Waals surface area contributed by atoms with Crippen LogP contribution in [0.5, 0.6) is 0 Å². The van der Waals surface area contributed by atoms with Gasteiger partial charge in [0, 0.05) is 17.6 Å². The molecule has 0 atom stereocenters. The Balaban J connectivity index is 1.42. The van der Waals surface area contributed by atoms with E-state index in [4.69, 9.17) is 0 Å². The van der Waals surface area contributed by atoms with Gasteiger partial charge in [-0.2, -0.15) is 0 Å². The lowest BCUT2D eigenvalue weighted by molar-refractivity contribution is -0.120. The van der Waals surface area contributed by atoms with E-state index < -0.39 is 6.03 Å². The van der Waals surface area contributed by atoms with E-state index in [0.29, 0.717) is 23.1 Å². The molecule has 0 spiro atoms. The van der Waals surface area contributed by atoms with Gasteiger partial charge < -0.3 is 10.6 Å². The van der Waals surface area contributed by atoms with E-state index in [1.165, 1.54) is 35.6 Å². The summed E-state index contributed by atoms with van der Waals surface area (Å²) in [4.78, 5) is 28.2. The van der Waals surface area contributed by atoms with Crippen molar-refractivity contribution in [3.8, 4) is 0 Å². The van der Waals surface area contributed by atoms with Crippen molar-refractivity contribution in [2.24, 2.45) is 0 Å². The molecule has 0 aliphatic carbocycles. The van der Waals surface area contributed by atoms with Crippen LogP contribution >= 0.6 is 11.3 Å². The zero-order valence-electron chi connectivity index (χ0n) is 14.9. The minimum atomic E-state index is -0.486. The fourth-order valence-electron chi connectivity index (χ4n) is 2.46. The molecule has 0 unspecified atom stereocenters. The summed E-state index contributed by atoms with van der Waals surface area (Å²) in [5, 5.41) is 10.1. The Hall–Kier alpha value is -3.26. The van der Waals surface area contributed by atoms with Crippen molar-refractivity contribution in [1.29, 1.82) is 0 Å². The molecule has 28 heavy (non-hydrogen) atoms. The Morgan fingerprint density at radius 3 is 2.50 bits per heavy atom. The zero-order chi connectivity index (χ0) is 19.8. The van der Waals surface area contributed by atoms with E-state index in [2.05, 4.69) is 20.9 Å². The number of nitrogens with zero attached hydrogens (tertiary/aromatic N) is 1. The number of thiazole rings is 1. The molecule has 3 aromatic rings. The van der Waals surface area contributed by atoms with Crippen LogP contribution in [0.4, 0.5) is 20.0 Å². The Labute approximate surface area is 165 Å². The number of rotatable bonds is 7. The maximum Gasteiger partial charge on any atom is 0.325 e. The predicted octanol–water partition coefficient (Wildman–Crippen LogP) is 3.83. The van der Waals surface area contributed by atoms with Crippen molar-refractivity contribution < 1.29 is 14.0 Å². The fourth-order valence-corrected chi connectivity index (χ4v) is 3.16. The van der Waals surface area contributed by atoms with Gasteiger partial charge in [0.1, 0.15) is 5.82 Å². The van der Waals surface area contributed by atoms with Gasteiger partial charge in [0.15, 0.2) is 5.13 Å². The van der Waals surface area contributed by atoms with Crippen LogP contribution in [0.1, 0.15) is 11.3 Å². The maximum absolute atomic E-state index is 12.9. The molecule has 3 amide bonds. The number of urea groups is 1. The van der Waals surface area contributed by atoms with Gasteiger partial charge in [-0.3, -0.25) is 10.1 Å². The third kappa shape index (κ3) is 6.17. The van der Waals surface area contributed by atoms with Gasteiger partial charge >= 0.3 is 6.03 Å². The highest BCUT2D eigenvalue weighted by Crippen LogP contribution is 2.16. The second kappa shape index (κ2) is 9.61. The summed E-state index contributed by atoms with van der Waals surface area (Å²) in [6, 6.07) is 14.9. The normalized spacial score (nSPS) is 10.3. The largest absolute Gasteiger partial charge is 0.355 e. The Morgan fingerprint density at radius 1 is 1.00 bits per heavy atom. The number of anilines is 2. The summed E-state index contributed by atoms with van der Waals surface area (Å²) in [5.74, 6) is -0.499. The number of hydrogen-bond acceptors (Lipinski definition) is 4. The molecule has 3 N–H and O–H groups in total. The molecule has 2 aromatic carbocycles. The van der Waals surface area contributed by atoms with Crippen molar-refractivity contribution in [2.45, 2.75) is 12.8 Å². The van der Waals surface area contributed by atoms with Crippen molar-refractivity contribution in [3.05, 3.63) is 77.1 Å². The average molecular weight is 398 g/mol. The van der Waals surface area contributed by atoms with E-state index in [-0.39, 0.29) is 18.1 Å². The summed E-state index contributed by atoms with van der Waals surface area (Å²) < 4.78 is 12.9. The van der Waals surface area contributed by atoms with Crippen LogP contribution in [-0.2, 0) is 17.6 Å². The number of carbonyl (C=O) groups is 2. The lowest BCUT2D eigenvalue weighted by Gasteiger charge is -2.05. The summed E-state index contributed by atoms with van der Waals surface area (Å²) in [7, 11) is 0. The Morgan fingerprint density at radius 2 is 1.75 bits per heavy atom. The molecule has 0 radical (unpaired) electrons. The van der Waals surface area contributed by atoms with Crippen molar-refractivity contribution in [2.75, 3.05) is 17.2 Å². The van der Waals surface area contributed by atoms with Gasteiger partial charge in [-0.25, -0.2) is 14.2 Å². The molecule has 0 fully saturated rings. The molecule has 8 heteroatoms. The van der Waals surface area contributed by atoms with Gasteiger partial charge in [0.05, 0.1) is 12.1 Å². The van der Waals surface area contributed by atoms with Gasteiger partial charge in [-0.05, 0) is 36.2 Å². The molecule has 0 aliphatic heterocycles. The number of aromatic nitrogens is 1. The average Bonchev–Trinajstić information content (AvgIpc) is 3.11. The fraction of sp³-hybridized carbons (Fsp3) is 0.150. The molecular weight excluding hydrogens is 379 g/mol. The van der Waals surface area contributed by atoms with Gasteiger partial charge in [0.25, 0.3) is 0 Å². The molecule has 3 rings (SSSR count). The molecular formula is C20H19FN4O2S. The smallest absolute Gasteiger partial charge is 0.325 e. The number of amides is 3. The second-order valence-corrected chi connectivity index (χ2v) is 6.85. The summed E-state index contributed by atoms with van der Waals surface area (Å²) in [6.07, 6.45) is 0.909. The van der Waals surface area contributed by atoms with Crippen LogP contribution in [0.15, 0.2) is 60.0 Å². The van der Waals surface area contributed by atoms with Crippen LogP contribution in [-0.4, -0.2) is 23.5 Å². The van der Waals surface area contributed by atoms with E-state index in [0.717, 1.165) is 12.0 Å². The molecule has 0 aliphatic rings. The number of carbonyl (C=O) groups excluding carboxylic acids is 2. The van der Waals surface area contributed by atoms with Crippen LogP contribution in [0.2, 0.25) is 0 Å². The lowest BCUT2D eigenvalue weighted by atomic mass is 10.1. The molecule has 0 saturated carbocycles. The monoisotopic (exact) mass is 398 g/mol. The van der Waals surface area contributed by atoms with Gasteiger partial charge in [-0.1, -0.05) is 30.3 Å². The van der Waals surface area contributed by atoms with Crippen LogP contribution in [0.25, 0.3) is 0 Å². The maximum atomic E-state index is 12.9. The first kappa shape index (κ1) is 19.5. The van der Waals surface area contributed by atoms with Gasteiger partial charge in [0.2, 0.25) is 5.91 Å². The van der Waals surface area contributed by atoms with E-state index in [9.17, 15) is 14.0 Å².